The molecule has 1 amide bonds. The molecule has 19 heavy (non-hydrogen) atoms. The number of carbonyl (C=O) groups is 1. The van der Waals surface area contributed by atoms with Crippen molar-refractivity contribution in [2.24, 2.45) is 5.41 Å². The zero-order valence-corrected chi connectivity index (χ0v) is 13.2. The molecule has 1 heterocycles. The Morgan fingerprint density at radius 3 is 2.58 bits per heavy atom. The van der Waals surface area contributed by atoms with Gasteiger partial charge in [-0.1, -0.05) is 6.08 Å². The van der Waals surface area contributed by atoms with Gasteiger partial charge < -0.3 is 15.4 Å². The molecule has 2 N–H and O–H groups in total. The summed E-state index contributed by atoms with van der Waals surface area (Å²) in [5.41, 5.74) is 0.115. The van der Waals surface area contributed by atoms with Crippen LogP contribution in [0, 0.1) is 5.41 Å². The van der Waals surface area contributed by atoms with Crippen LogP contribution < -0.4 is 10.6 Å². The number of nitrogens with one attached hydrogen (secondary N) is 2. The normalized spacial score (nSPS) is 16.7. The first-order valence-corrected chi connectivity index (χ1v) is 6.30. The van der Waals surface area contributed by atoms with Crippen LogP contribution in [0.4, 0.5) is 0 Å². The van der Waals surface area contributed by atoms with Gasteiger partial charge in [-0.05, 0) is 32.4 Å². The first-order chi connectivity index (χ1) is 8.22. The van der Waals surface area contributed by atoms with E-state index >= 15 is 0 Å². The van der Waals surface area contributed by atoms with Crippen molar-refractivity contribution in [3.8, 4) is 0 Å². The molecule has 0 radical (unpaired) electrons. The first kappa shape index (κ1) is 21.0. The van der Waals surface area contributed by atoms with Gasteiger partial charge in [0.1, 0.15) is 0 Å². The second-order valence-corrected chi connectivity index (χ2v) is 4.79. The van der Waals surface area contributed by atoms with Crippen molar-refractivity contribution in [3.63, 3.8) is 0 Å². The zero-order chi connectivity index (χ0) is 12.6. The summed E-state index contributed by atoms with van der Waals surface area (Å²) in [5, 5.41) is 6.36. The summed E-state index contributed by atoms with van der Waals surface area (Å²) in [7, 11) is 1.73. The Morgan fingerprint density at radius 2 is 2.05 bits per heavy atom. The molecule has 0 aliphatic carbocycles. The van der Waals surface area contributed by atoms with Crippen LogP contribution in [0.3, 0.4) is 0 Å². The standard InChI is InChI=1S/C13H24N2O2.2ClH/c1-3-4-5-12(16)15-10-13(11-17-2)6-8-14-9-7-13;;/h3,14H,1,4-11H2,2H3,(H,15,16);2*1H. The summed E-state index contributed by atoms with van der Waals surface area (Å²) in [6.45, 7) is 7.07. The molecule has 0 aromatic carbocycles. The van der Waals surface area contributed by atoms with Gasteiger partial charge in [0.05, 0.1) is 6.61 Å². The minimum Gasteiger partial charge on any atom is -0.384 e. The second kappa shape index (κ2) is 11.5. The maximum absolute atomic E-state index is 11.6. The molecular weight excluding hydrogens is 287 g/mol. The molecular formula is C13H26Cl2N2O2. The number of halogens is 2. The van der Waals surface area contributed by atoms with Crippen molar-refractivity contribution < 1.29 is 9.53 Å². The Hall–Kier alpha value is -0.290. The Kier molecular flexibility index (Phi) is 12.8. The van der Waals surface area contributed by atoms with Crippen LogP contribution in [0.25, 0.3) is 0 Å². The quantitative estimate of drug-likeness (QED) is 0.706. The molecule has 1 saturated heterocycles. The maximum atomic E-state index is 11.6. The number of hydrogen-bond acceptors (Lipinski definition) is 3. The van der Waals surface area contributed by atoms with Gasteiger partial charge in [-0.25, -0.2) is 0 Å². The summed E-state index contributed by atoms with van der Waals surface area (Å²) >= 11 is 0. The Balaban J connectivity index is 0. The van der Waals surface area contributed by atoms with Crippen molar-refractivity contribution in [1.82, 2.24) is 10.6 Å². The highest BCUT2D eigenvalue weighted by Crippen LogP contribution is 2.28. The highest BCUT2D eigenvalue weighted by atomic mass is 35.5. The van der Waals surface area contributed by atoms with E-state index in [-0.39, 0.29) is 36.1 Å². The van der Waals surface area contributed by atoms with E-state index in [0.29, 0.717) is 6.42 Å². The fourth-order valence-electron chi connectivity index (χ4n) is 2.24. The van der Waals surface area contributed by atoms with Gasteiger partial charge in [0.2, 0.25) is 5.91 Å². The molecule has 4 nitrogen and oxygen atoms in total. The summed E-state index contributed by atoms with van der Waals surface area (Å²) in [5.74, 6) is 0.110. The van der Waals surface area contributed by atoms with Crippen LogP contribution in [-0.4, -0.2) is 39.3 Å². The van der Waals surface area contributed by atoms with E-state index in [4.69, 9.17) is 4.74 Å². The van der Waals surface area contributed by atoms with E-state index in [2.05, 4.69) is 17.2 Å². The Bertz CT molecular complexity index is 252. The molecule has 1 fully saturated rings. The molecule has 114 valence electrons. The van der Waals surface area contributed by atoms with E-state index in [0.717, 1.165) is 45.5 Å². The minimum atomic E-state index is 0. The van der Waals surface area contributed by atoms with E-state index < -0.39 is 0 Å². The third kappa shape index (κ3) is 7.78. The van der Waals surface area contributed by atoms with E-state index in [1.807, 2.05) is 0 Å². The SMILES string of the molecule is C=CCCC(=O)NCC1(COC)CCNCC1.Cl.Cl. The molecule has 1 rings (SSSR count). The second-order valence-electron chi connectivity index (χ2n) is 4.79. The van der Waals surface area contributed by atoms with E-state index in [1.165, 1.54) is 0 Å². The van der Waals surface area contributed by atoms with Crippen LogP contribution >= 0.6 is 24.8 Å². The van der Waals surface area contributed by atoms with Crippen molar-refractivity contribution in [2.75, 3.05) is 33.4 Å². The average molecular weight is 313 g/mol. The van der Waals surface area contributed by atoms with Crippen molar-refractivity contribution in [2.45, 2.75) is 25.7 Å². The largest absolute Gasteiger partial charge is 0.384 e. The fraction of sp³-hybridized carbons (Fsp3) is 0.769. The number of hydrogen-bond donors (Lipinski definition) is 2. The predicted molar refractivity (Wildman–Crippen MR) is 83.3 cm³/mol. The van der Waals surface area contributed by atoms with Crippen molar-refractivity contribution in [1.29, 1.82) is 0 Å². The van der Waals surface area contributed by atoms with Crippen molar-refractivity contribution >= 4 is 30.7 Å². The lowest BCUT2D eigenvalue weighted by atomic mass is 9.79. The molecule has 0 saturated carbocycles. The van der Waals surface area contributed by atoms with Gasteiger partial charge in [0, 0.05) is 25.5 Å². The Morgan fingerprint density at radius 1 is 1.42 bits per heavy atom. The fourth-order valence-corrected chi connectivity index (χ4v) is 2.24. The van der Waals surface area contributed by atoms with Crippen LogP contribution in [0.2, 0.25) is 0 Å². The average Bonchev–Trinajstić information content (AvgIpc) is 2.35. The number of piperidine rings is 1. The third-order valence-corrected chi connectivity index (χ3v) is 3.35. The predicted octanol–water partition coefficient (Wildman–Crippen LogP) is 1.93. The highest BCUT2D eigenvalue weighted by molar-refractivity contribution is 5.85. The molecule has 0 aromatic rings. The molecule has 0 atom stereocenters. The highest BCUT2D eigenvalue weighted by Gasteiger charge is 2.32. The third-order valence-electron chi connectivity index (χ3n) is 3.35. The monoisotopic (exact) mass is 312 g/mol. The lowest BCUT2D eigenvalue weighted by Gasteiger charge is -2.37. The van der Waals surface area contributed by atoms with Gasteiger partial charge in [-0.15, -0.1) is 31.4 Å². The maximum Gasteiger partial charge on any atom is 0.220 e. The van der Waals surface area contributed by atoms with E-state index in [1.54, 1.807) is 13.2 Å². The summed E-state index contributed by atoms with van der Waals surface area (Å²) in [6, 6.07) is 0. The molecule has 1 aliphatic rings. The smallest absolute Gasteiger partial charge is 0.220 e. The molecule has 0 bridgehead atoms. The zero-order valence-electron chi connectivity index (χ0n) is 11.6. The summed E-state index contributed by atoms with van der Waals surface area (Å²) < 4.78 is 5.30. The lowest BCUT2D eigenvalue weighted by Crippen LogP contribution is -2.47. The number of amides is 1. The first-order valence-electron chi connectivity index (χ1n) is 6.30. The number of allylic oxidation sites excluding steroid dienone is 1. The lowest BCUT2D eigenvalue weighted by molar-refractivity contribution is -0.121. The summed E-state index contributed by atoms with van der Waals surface area (Å²) in [4.78, 5) is 11.6. The van der Waals surface area contributed by atoms with Gasteiger partial charge >= 0.3 is 0 Å². The Labute approximate surface area is 128 Å². The molecule has 0 unspecified atom stereocenters. The van der Waals surface area contributed by atoms with Crippen LogP contribution in [0.1, 0.15) is 25.7 Å². The molecule has 6 heteroatoms. The minimum absolute atomic E-state index is 0. The van der Waals surface area contributed by atoms with Crippen molar-refractivity contribution in [3.05, 3.63) is 12.7 Å². The van der Waals surface area contributed by atoms with E-state index in [9.17, 15) is 4.79 Å². The molecule has 0 spiro atoms. The van der Waals surface area contributed by atoms with Gasteiger partial charge in [0.15, 0.2) is 0 Å². The van der Waals surface area contributed by atoms with Gasteiger partial charge in [-0.3, -0.25) is 4.79 Å². The summed E-state index contributed by atoms with van der Waals surface area (Å²) in [6.07, 6.45) is 5.16. The van der Waals surface area contributed by atoms with Crippen LogP contribution in [0.15, 0.2) is 12.7 Å². The van der Waals surface area contributed by atoms with Crippen LogP contribution in [-0.2, 0) is 9.53 Å². The molecule has 0 aromatic heterocycles. The topological polar surface area (TPSA) is 50.4 Å². The van der Waals surface area contributed by atoms with Gasteiger partial charge in [-0.2, -0.15) is 0 Å². The molecule has 1 aliphatic heterocycles. The number of rotatable bonds is 7. The van der Waals surface area contributed by atoms with Gasteiger partial charge in [0.25, 0.3) is 0 Å². The number of ether oxygens (including phenoxy) is 1. The number of carbonyl (C=O) groups excluding carboxylic acids is 1. The van der Waals surface area contributed by atoms with Crippen LogP contribution in [0.5, 0.6) is 0 Å². The number of methoxy groups -OCH3 is 1.